The minimum absolute atomic E-state index is 0.715. The van der Waals surface area contributed by atoms with E-state index in [1.165, 1.54) is 32.5 Å². The van der Waals surface area contributed by atoms with Crippen molar-refractivity contribution >= 4 is 0 Å². The predicted molar refractivity (Wildman–Crippen MR) is 62.0 cm³/mol. The Labute approximate surface area is 93.2 Å². The van der Waals surface area contributed by atoms with Crippen LogP contribution in [0.15, 0.2) is 0 Å². The second kappa shape index (κ2) is 5.28. The third-order valence-corrected chi connectivity index (χ3v) is 3.63. The van der Waals surface area contributed by atoms with Gasteiger partial charge in [-0.2, -0.15) is 0 Å². The summed E-state index contributed by atoms with van der Waals surface area (Å²) in [5, 5.41) is 3.68. The average Bonchev–Trinajstić information content (AvgIpc) is 2.16. The van der Waals surface area contributed by atoms with Crippen LogP contribution < -0.4 is 5.32 Å². The number of hydrogen-bond acceptors (Lipinski definition) is 3. The highest BCUT2D eigenvalue weighted by atomic mass is 16.5. The van der Waals surface area contributed by atoms with E-state index in [9.17, 15) is 0 Å². The molecule has 0 amide bonds. The summed E-state index contributed by atoms with van der Waals surface area (Å²) < 4.78 is 5.35. The van der Waals surface area contributed by atoms with Gasteiger partial charge in [0.05, 0.1) is 0 Å². The van der Waals surface area contributed by atoms with Crippen LogP contribution >= 0.6 is 0 Å². The van der Waals surface area contributed by atoms with Crippen molar-refractivity contribution in [3.8, 4) is 0 Å². The maximum atomic E-state index is 5.35. The van der Waals surface area contributed by atoms with Crippen molar-refractivity contribution in [3.63, 3.8) is 0 Å². The SMILES string of the molecule is CC(C)N1CC(CNC2CCOCC2)C1. The number of hydrogen-bond donors (Lipinski definition) is 1. The highest BCUT2D eigenvalue weighted by molar-refractivity contribution is 4.84. The van der Waals surface area contributed by atoms with Crippen molar-refractivity contribution in [1.82, 2.24) is 10.2 Å². The molecule has 2 fully saturated rings. The van der Waals surface area contributed by atoms with Crippen LogP contribution in [0.4, 0.5) is 0 Å². The van der Waals surface area contributed by atoms with E-state index in [1.54, 1.807) is 0 Å². The predicted octanol–water partition coefficient (Wildman–Crippen LogP) is 1.10. The molecular weight excluding hydrogens is 188 g/mol. The summed E-state index contributed by atoms with van der Waals surface area (Å²) in [5.41, 5.74) is 0. The molecule has 0 aromatic heterocycles. The summed E-state index contributed by atoms with van der Waals surface area (Å²) in [5.74, 6) is 0.884. The van der Waals surface area contributed by atoms with Crippen LogP contribution in [-0.4, -0.2) is 49.8 Å². The van der Waals surface area contributed by atoms with Crippen LogP contribution in [0.25, 0.3) is 0 Å². The smallest absolute Gasteiger partial charge is 0.0480 e. The molecule has 2 aliphatic rings. The molecule has 0 aliphatic carbocycles. The van der Waals surface area contributed by atoms with Crippen molar-refractivity contribution in [2.24, 2.45) is 5.92 Å². The van der Waals surface area contributed by atoms with Gasteiger partial charge in [0, 0.05) is 44.9 Å². The molecule has 88 valence electrons. The largest absolute Gasteiger partial charge is 0.381 e. The lowest BCUT2D eigenvalue weighted by Crippen LogP contribution is -2.54. The van der Waals surface area contributed by atoms with E-state index >= 15 is 0 Å². The third kappa shape index (κ3) is 3.16. The zero-order valence-electron chi connectivity index (χ0n) is 10.0. The van der Waals surface area contributed by atoms with E-state index in [1.807, 2.05) is 0 Å². The Kier molecular flexibility index (Phi) is 4.00. The maximum Gasteiger partial charge on any atom is 0.0480 e. The number of nitrogens with zero attached hydrogens (tertiary/aromatic N) is 1. The lowest BCUT2D eigenvalue weighted by Gasteiger charge is -2.43. The summed E-state index contributed by atoms with van der Waals surface area (Å²) in [6, 6.07) is 1.44. The lowest BCUT2D eigenvalue weighted by molar-refractivity contribution is 0.0524. The van der Waals surface area contributed by atoms with Gasteiger partial charge in [-0.3, -0.25) is 0 Å². The zero-order valence-corrected chi connectivity index (χ0v) is 10.0. The highest BCUT2D eigenvalue weighted by Gasteiger charge is 2.28. The fraction of sp³-hybridized carbons (Fsp3) is 1.00. The van der Waals surface area contributed by atoms with Gasteiger partial charge in [-0.15, -0.1) is 0 Å². The fourth-order valence-corrected chi connectivity index (χ4v) is 2.40. The molecule has 0 aromatic rings. The lowest BCUT2D eigenvalue weighted by atomic mass is 9.97. The van der Waals surface area contributed by atoms with Gasteiger partial charge in [0.2, 0.25) is 0 Å². The molecule has 2 heterocycles. The Hall–Kier alpha value is -0.120. The van der Waals surface area contributed by atoms with Gasteiger partial charge < -0.3 is 15.0 Å². The van der Waals surface area contributed by atoms with Gasteiger partial charge in [-0.1, -0.05) is 0 Å². The Bertz CT molecular complexity index is 184. The molecule has 0 aromatic carbocycles. The number of ether oxygens (including phenoxy) is 1. The molecule has 1 N–H and O–H groups in total. The van der Waals surface area contributed by atoms with E-state index in [0.717, 1.165) is 25.2 Å². The molecule has 0 spiro atoms. The van der Waals surface area contributed by atoms with Crippen molar-refractivity contribution in [2.75, 3.05) is 32.8 Å². The van der Waals surface area contributed by atoms with E-state index < -0.39 is 0 Å². The molecule has 2 saturated heterocycles. The van der Waals surface area contributed by atoms with Gasteiger partial charge in [0.25, 0.3) is 0 Å². The Balaban J connectivity index is 1.55. The van der Waals surface area contributed by atoms with Gasteiger partial charge in [0.15, 0.2) is 0 Å². The summed E-state index contributed by atoms with van der Waals surface area (Å²) in [4.78, 5) is 2.54. The quantitative estimate of drug-likeness (QED) is 0.755. The first-order valence-corrected chi connectivity index (χ1v) is 6.31. The highest BCUT2D eigenvalue weighted by Crippen LogP contribution is 2.18. The van der Waals surface area contributed by atoms with Crippen LogP contribution in [0.5, 0.6) is 0 Å². The van der Waals surface area contributed by atoms with Crippen LogP contribution in [0.1, 0.15) is 26.7 Å². The zero-order chi connectivity index (χ0) is 10.7. The normalized spacial score (nSPS) is 25.8. The summed E-state index contributed by atoms with van der Waals surface area (Å²) in [7, 11) is 0. The summed E-state index contributed by atoms with van der Waals surface area (Å²) in [6.45, 7) is 10.2. The number of nitrogens with one attached hydrogen (secondary N) is 1. The first-order chi connectivity index (χ1) is 7.25. The van der Waals surface area contributed by atoms with Gasteiger partial charge >= 0.3 is 0 Å². The molecule has 0 saturated carbocycles. The first kappa shape index (κ1) is 11.4. The molecular formula is C12H24N2O. The number of rotatable bonds is 4. The minimum Gasteiger partial charge on any atom is -0.381 e. The van der Waals surface area contributed by atoms with Crippen molar-refractivity contribution in [2.45, 2.75) is 38.8 Å². The average molecular weight is 212 g/mol. The monoisotopic (exact) mass is 212 g/mol. The fourth-order valence-electron chi connectivity index (χ4n) is 2.40. The van der Waals surface area contributed by atoms with Crippen LogP contribution in [0.2, 0.25) is 0 Å². The summed E-state index contributed by atoms with van der Waals surface area (Å²) >= 11 is 0. The molecule has 0 bridgehead atoms. The molecule has 2 rings (SSSR count). The topological polar surface area (TPSA) is 24.5 Å². The Morgan fingerprint density at radius 3 is 2.53 bits per heavy atom. The molecule has 15 heavy (non-hydrogen) atoms. The molecule has 0 radical (unpaired) electrons. The molecule has 0 unspecified atom stereocenters. The standard InChI is InChI=1S/C12H24N2O/c1-10(2)14-8-11(9-14)7-13-12-3-5-15-6-4-12/h10-13H,3-9H2,1-2H3. The van der Waals surface area contributed by atoms with Gasteiger partial charge in [-0.05, 0) is 32.6 Å². The van der Waals surface area contributed by atoms with Gasteiger partial charge in [-0.25, -0.2) is 0 Å². The first-order valence-electron chi connectivity index (χ1n) is 6.31. The van der Waals surface area contributed by atoms with Crippen LogP contribution in [0.3, 0.4) is 0 Å². The second-order valence-electron chi connectivity index (χ2n) is 5.21. The maximum absolute atomic E-state index is 5.35. The molecule has 3 heteroatoms. The van der Waals surface area contributed by atoms with Crippen LogP contribution in [0, 0.1) is 5.92 Å². The third-order valence-electron chi connectivity index (χ3n) is 3.63. The Morgan fingerprint density at radius 2 is 1.93 bits per heavy atom. The van der Waals surface area contributed by atoms with Gasteiger partial charge in [0.1, 0.15) is 0 Å². The second-order valence-corrected chi connectivity index (χ2v) is 5.21. The van der Waals surface area contributed by atoms with E-state index in [0.29, 0.717) is 6.04 Å². The van der Waals surface area contributed by atoms with Crippen molar-refractivity contribution in [1.29, 1.82) is 0 Å². The van der Waals surface area contributed by atoms with Crippen LogP contribution in [-0.2, 0) is 4.74 Å². The van der Waals surface area contributed by atoms with E-state index in [-0.39, 0.29) is 0 Å². The van der Waals surface area contributed by atoms with E-state index in [2.05, 4.69) is 24.1 Å². The summed E-state index contributed by atoms with van der Waals surface area (Å²) in [6.07, 6.45) is 2.39. The molecule has 0 atom stereocenters. The number of likely N-dealkylation sites (tertiary alicyclic amines) is 1. The van der Waals surface area contributed by atoms with E-state index in [4.69, 9.17) is 4.74 Å². The minimum atomic E-state index is 0.715. The molecule has 2 aliphatic heterocycles. The Morgan fingerprint density at radius 1 is 1.27 bits per heavy atom. The van der Waals surface area contributed by atoms with Crippen molar-refractivity contribution in [3.05, 3.63) is 0 Å². The molecule has 3 nitrogen and oxygen atoms in total. The van der Waals surface area contributed by atoms with Crippen molar-refractivity contribution < 1.29 is 4.74 Å².